The number of benzene rings is 4. The number of hydrogen-bond donors (Lipinski definition) is 2. The molecule has 0 saturated carbocycles. The van der Waals surface area contributed by atoms with E-state index < -0.39 is 0 Å². The molecule has 4 N–H and O–H groups in total. The van der Waals surface area contributed by atoms with Crippen molar-refractivity contribution in [2.45, 2.75) is 67.2 Å². The van der Waals surface area contributed by atoms with Gasteiger partial charge in [0.15, 0.2) is 0 Å². The molecule has 2 atom stereocenters. The maximum atomic E-state index is 6.37. The summed E-state index contributed by atoms with van der Waals surface area (Å²) < 4.78 is 6.17. The standard InChI is InChI=1S/C34H40N2O/c1-19-17-31(25(7)33(35)21(19)3)23(5)27-9-13-29(14-10-27)37-30-15-11-28(12-16-30)24(6)32-18-20(2)22(4)34(36)26(32)8/h9-18,23-24H,35-36H2,1-8H3. The molecule has 0 aliphatic heterocycles. The van der Waals surface area contributed by atoms with Crippen molar-refractivity contribution in [2.75, 3.05) is 11.5 Å². The summed E-state index contributed by atoms with van der Waals surface area (Å²) in [5.41, 5.74) is 26.7. The highest BCUT2D eigenvalue weighted by molar-refractivity contribution is 5.62. The Kier molecular flexibility index (Phi) is 7.36. The Balaban J connectivity index is 1.49. The smallest absolute Gasteiger partial charge is 0.127 e. The van der Waals surface area contributed by atoms with Gasteiger partial charge in [0.1, 0.15) is 11.5 Å². The van der Waals surface area contributed by atoms with E-state index in [2.05, 4.69) is 91.8 Å². The second kappa shape index (κ2) is 10.3. The normalized spacial score (nSPS) is 12.9. The van der Waals surface area contributed by atoms with Crippen molar-refractivity contribution < 1.29 is 4.74 Å². The first-order valence-electron chi connectivity index (χ1n) is 13.1. The van der Waals surface area contributed by atoms with Gasteiger partial charge < -0.3 is 16.2 Å². The van der Waals surface area contributed by atoms with E-state index in [4.69, 9.17) is 16.2 Å². The highest BCUT2D eigenvalue weighted by Crippen LogP contribution is 2.36. The van der Waals surface area contributed by atoms with Crippen LogP contribution in [-0.2, 0) is 0 Å². The number of anilines is 2. The predicted molar refractivity (Wildman–Crippen MR) is 158 cm³/mol. The Morgan fingerprint density at radius 1 is 0.514 bits per heavy atom. The van der Waals surface area contributed by atoms with Gasteiger partial charge in [-0.1, -0.05) is 50.2 Å². The fourth-order valence-electron chi connectivity index (χ4n) is 5.24. The van der Waals surface area contributed by atoms with E-state index in [1.54, 1.807) is 0 Å². The first kappa shape index (κ1) is 26.3. The van der Waals surface area contributed by atoms with Gasteiger partial charge >= 0.3 is 0 Å². The fraction of sp³-hybridized carbons (Fsp3) is 0.294. The summed E-state index contributed by atoms with van der Waals surface area (Å²) in [6.45, 7) is 17.1. The van der Waals surface area contributed by atoms with Crippen molar-refractivity contribution in [1.82, 2.24) is 0 Å². The highest BCUT2D eigenvalue weighted by atomic mass is 16.5. The summed E-state index contributed by atoms with van der Waals surface area (Å²) >= 11 is 0. The zero-order valence-corrected chi connectivity index (χ0v) is 23.5. The van der Waals surface area contributed by atoms with Crippen LogP contribution in [0.15, 0.2) is 60.7 Å². The second-order valence-corrected chi connectivity index (χ2v) is 10.6. The maximum Gasteiger partial charge on any atom is 0.127 e. The van der Waals surface area contributed by atoms with Crippen LogP contribution in [0.4, 0.5) is 11.4 Å². The quantitative estimate of drug-likeness (QED) is 0.264. The lowest BCUT2D eigenvalue weighted by Crippen LogP contribution is -2.05. The van der Waals surface area contributed by atoms with Crippen LogP contribution >= 0.6 is 0 Å². The Labute approximate surface area is 222 Å². The molecule has 0 aliphatic rings. The topological polar surface area (TPSA) is 61.3 Å². The van der Waals surface area contributed by atoms with Crippen LogP contribution in [0.3, 0.4) is 0 Å². The van der Waals surface area contributed by atoms with Crippen molar-refractivity contribution in [3.8, 4) is 11.5 Å². The minimum atomic E-state index is 0.249. The van der Waals surface area contributed by atoms with Gasteiger partial charge in [-0.2, -0.15) is 0 Å². The molecule has 3 nitrogen and oxygen atoms in total. The van der Waals surface area contributed by atoms with E-state index in [0.29, 0.717) is 0 Å². The van der Waals surface area contributed by atoms with Crippen molar-refractivity contribution >= 4 is 11.4 Å². The molecule has 2 unspecified atom stereocenters. The van der Waals surface area contributed by atoms with Crippen molar-refractivity contribution in [2.24, 2.45) is 0 Å². The van der Waals surface area contributed by atoms with E-state index in [1.807, 2.05) is 24.3 Å². The minimum Gasteiger partial charge on any atom is -0.457 e. The molecule has 4 aromatic carbocycles. The van der Waals surface area contributed by atoms with Crippen LogP contribution in [0.2, 0.25) is 0 Å². The Morgan fingerprint density at radius 2 is 0.838 bits per heavy atom. The summed E-state index contributed by atoms with van der Waals surface area (Å²) in [4.78, 5) is 0. The van der Waals surface area contributed by atoms with Gasteiger partial charge in [0.05, 0.1) is 0 Å². The fourth-order valence-corrected chi connectivity index (χ4v) is 5.24. The zero-order valence-electron chi connectivity index (χ0n) is 23.5. The summed E-state index contributed by atoms with van der Waals surface area (Å²) in [5.74, 6) is 2.15. The molecule has 0 amide bonds. The van der Waals surface area contributed by atoms with Gasteiger partial charge in [-0.15, -0.1) is 0 Å². The summed E-state index contributed by atoms with van der Waals surface area (Å²) in [5, 5.41) is 0. The van der Waals surface area contributed by atoms with Crippen LogP contribution in [-0.4, -0.2) is 0 Å². The number of hydrogen-bond acceptors (Lipinski definition) is 3. The van der Waals surface area contributed by atoms with E-state index in [-0.39, 0.29) is 11.8 Å². The summed E-state index contributed by atoms with van der Waals surface area (Å²) in [6, 6.07) is 21.3. The molecule has 0 bridgehead atoms. The second-order valence-electron chi connectivity index (χ2n) is 10.6. The number of aryl methyl sites for hydroxylation is 2. The largest absolute Gasteiger partial charge is 0.457 e. The Morgan fingerprint density at radius 3 is 1.16 bits per heavy atom. The maximum absolute atomic E-state index is 6.37. The van der Waals surface area contributed by atoms with Crippen LogP contribution in [0.25, 0.3) is 0 Å². The third-order valence-corrected chi connectivity index (χ3v) is 8.34. The first-order chi connectivity index (χ1) is 17.5. The van der Waals surface area contributed by atoms with E-state index in [9.17, 15) is 0 Å². The molecule has 192 valence electrons. The van der Waals surface area contributed by atoms with Crippen molar-refractivity contribution in [3.63, 3.8) is 0 Å². The molecule has 0 radical (unpaired) electrons. The predicted octanol–water partition coefficient (Wildman–Crippen LogP) is 8.80. The molecule has 0 spiro atoms. The van der Waals surface area contributed by atoms with Crippen LogP contribution < -0.4 is 16.2 Å². The summed E-state index contributed by atoms with van der Waals surface area (Å²) in [6.07, 6.45) is 0. The van der Waals surface area contributed by atoms with Crippen LogP contribution in [0.1, 0.15) is 81.3 Å². The van der Waals surface area contributed by atoms with Crippen molar-refractivity contribution in [1.29, 1.82) is 0 Å². The molecule has 0 heterocycles. The SMILES string of the molecule is Cc1cc(C(C)c2ccc(Oc3ccc(C(C)c4cc(C)c(C)c(N)c4C)cc3)cc2)c(C)c(N)c1C. The molecule has 0 aromatic heterocycles. The van der Waals surface area contributed by atoms with E-state index >= 15 is 0 Å². The minimum absolute atomic E-state index is 0.249. The number of rotatable bonds is 6. The molecule has 37 heavy (non-hydrogen) atoms. The lowest BCUT2D eigenvalue weighted by molar-refractivity contribution is 0.482. The molecule has 0 aliphatic carbocycles. The van der Waals surface area contributed by atoms with Gasteiger partial charge in [0.2, 0.25) is 0 Å². The molecule has 4 aromatic rings. The van der Waals surface area contributed by atoms with Gasteiger partial charge in [0, 0.05) is 23.2 Å². The third kappa shape index (κ3) is 5.09. The lowest BCUT2D eigenvalue weighted by atomic mass is 9.86. The van der Waals surface area contributed by atoms with Crippen LogP contribution in [0.5, 0.6) is 11.5 Å². The average molecular weight is 493 g/mol. The van der Waals surface area contributed by atoms with Gasteiger partial charge in [-0.25, -0.2) is 0 Å². The number of nitrogens with two attached hydrogens (primary N) is 2. The van der Waals surface area contributed by atoms with Crippen LogP contribution in [0, 0.1) is 41.5 Å². The molecular formula is C34H40N2O. The first-order valence-corrected chi connectivity index (χ1v) is 13.1. The lowest BCUT2D eigenvalue weighted by Gasteiger charge is -2.20. The monoisotopic (exact) mass is 492 g/mol. The molecule has 0 fully saturated rings. The highest BCUT2D eigenvalue weighted by Gasteiger charge is 2.17. The molecule has 3 heteroatoms. The molecule has 4 rings (SSSR count). The number of ether oxygens (including phenoxy) is 1. The Hall–Kier alpha value is -3.72. The van der Waals surface area contributed by atoms with E-state index in [0.717, 1.165) is 22.9 Å². The van der Waals surface area contributed by atoms with Gasteiger partial charge in [-0.3, -0.25) is 0 Å². The van der Waals surface area contributed by atoms with Gasteiger partial charge in [-0.05, 0) is 121 Å². The molecular weight excluding hydrogens is 452 g/mol. The van der Waals surface area contributed by atoms with Gasteiger partial charge in [0.25, 0.3) is 0 Å². The average Bonchev–Trinajstić information content (AvgIpc) is 2.90. The summed E-state index contributed by atoms with van der Waals surface area (Å²) in [7, 11) is 0. The Bertz CT molecular complexity index is 1320. The number of nitrogen functional groups attached to an aromatic ring is 2. The van der Waals surface area contributed by atoms with E-state index in [1.165, 1.54) is 55.6 Å². The van der Waals surface area contributed by atoms with Crippen molar-refractivity contribution in [3.05, 3.63) is 116 Å². The third-order valence-electron chi connectivity index (χ3n) is 8.34. The zero-order chi connectivity index (χ0) is 27.0. The molecule has 0 saturated heterocycles.